The Morgan fingerprint density at radius 2 is 1.50 bits per heavy atom. The first-order valence-electron chi connectivity index (χ1n) is 7.02. The van der Waals surface area contributed by atoms with Crippen LogP contribution in [0.2, 0.25) is 0 Å². The van der Waals surface area contributed by atoms with Crippen molar-refractivity contribution < 1.29 is 4.79 Å². The van der Waals surface area contributed by atoms with E-state index < -0.39 is 5.41 Å². The Hall–Kier alpha value is -1.31. The van der Waals surface area contributed by atoms with Crippen LogP contribution in [0.25, 0.3) is 0 Å². The van der Waals surface area contributed by atoms with Gasteiger partial charge in [0, 0.05) is 0 Å². The predicted octanol–water partition coefficient (Wildman–Crippen LogP) is 4.04. The molecule has 1 aromatic rings. The van der Waals surface area contributed by atoms with Gasteiger partial charge >= 0.3 is 0 Å². The van der Waals surface area contributed by atoms with E-state index in [1.165, 1.54) is 0 Å². The van der Waals surface area contributed by atoms with Crippen LogP contribution in [0.1, 0.15) is 58.9 Å². The van der Waals surface area contributed by atoms with Gasteiger partial charge in [0.1, 0.15) is 0 Å². The van der Waals surface area contributed by atoms with Gasteiger partial charge in [0.2, 0.25) is 5.91 Å². The molecule has 0 saturated heterocycles. The van der Waals surface area contributed by atoms with Gasteiger partial charge in [-0.25, -0.2) is 0 Å². The molecule has 0 heterocycles. The molecule has 1 amide bonds. The third kappa shape index (κ3) is 3.86. The minimum atomic E-state index is -0.468. The molecule has 18 heavy (non-hydrogen) atoms. The van der Waals surface area contributed by atoms with Gasteiger partial charge in [-0.2, -0.15) is 0 Å². The third-order valence-corrected chi connectivity index (χ3v) is 3.15. The van der Waals surface area contributed by atoms with E-state index in [4.69, 9.17) is 5.73 Å². The van der Waals surface area contributed by atoms with Gasteiger partial charge in [0.15, 0.2) is 0 Å². The molecule has 1 aromatic carbocycles. The van der Waals surface area contributed by atoms with E-state index in [2.05, 4.69) is 13.8 Å². The van der Waals surface area contributed by atoms with Crippen LogP contribution in [0.5, 0.6) is 0 Å². The Labute approximate surface area is 112 Å². The number of benzene rings is 1. The van der Waals surface area contributed by atoms with Crippen molar-refractivity contribution in [1.82, 2.24) is 0 Å². The number of carbonyl (C=O) groups is 1. The summed E-state index contributed by atoms with van der Waals surface area (Å²) in [6.07, 6.45) is 3.61. The second-order valence-corrected chi connectivity index (χ2v) is 4.31. The summed E-state index contributed by atoms with van der Waals surface area (Å²) in [5.41, 5.74) is 6.23. The summed E-state index contributed by atoms with van der Waals surface area (Å²) in [6, 6.07) is 9.93. The molecule has 2 heteroatoms. The van der Waals surface area contributed by atoms with Crippen LogP contribution in [-0.4, -0.2) is 5.91 Å². The fraction of sp³-hybridized carbons (Fsp3) is 0.562. The topological polar surface area (TPSA) is 43.1 Å². The van der Waals surface area contributed by atoms with Crippen LogP contribution in [0.3, 0.4) is 0 Å². The minimum Gasteiger partial charge on any atom is -0.369 e. The Morgan fingerprint density at radius 3 is 1.83 bits per heavy atom. The zero-order chi connectivity index (χ0) is 14.0. The molecule has 2 N–H and O–H groups in total. The van der Waals surface area contributed by atoms with Crippen molar-refractivity contribution >= 4 is 5.91 Å². The maximum Gasteiger partial charge on any atom is 0.228 e. The zero-order valence-electron chi connectivity index (χ0n) is 12.2. The Bertz CT molecular complexity index is 326. The third-order valence-electron chi connectivity index (χ3n) is 3.15. The van der Waals surface area contributed by atoms with E-state index in [0.717, 1.165) is 31.2 Å². The molecule has 0 bridgehead atoms. The molecule has 0 aliphatic rings. The number of primary amides is 1. The van der Waals surface area contributed by atoms with Crippen molar-refractivity contribution in [3.63, 3.8) is 0 Å². The molecule has 0 atom stereocenters. The van der Waals surface area contributed by atoms with E-state index >= 15 is 0 Å². The molecule has 0 spiro atoms. The molecule has 0 aromatic heterocycles. The van der Waals surface area contributed by atoms with Crippen molar-refractivity contribution in [2.24, 2.45) is 5.73 Å². The lowest BCUT2D eigenvalue weighted by atomic mass is 9.73. The van der Waals surface area contributed by atoms with E-state index in [-0.39, 0.29) is 5.91 Å². The van der Waals surface area contributed by atoms with Gasteiger partial charge in [-0.15, -0.1) is 0 Å². The highest BCUT2D eigenvalue weighted by molar-refractivity contribution is 5.86. The lowest BCUT2D eigenvalue weighted by molar-refractivity contribution is -0.124. The molecule has 0 aliphatic carbocycles. The van der Waals surface area contributed by atoms with Crippen molar-refractivity contribution in [2.75, 3.05) is 0 Å². The van der Waals surface area contributed by atoms with Crippen molar-refractivity contribution in [1.29, 1.82) is 0 Å². The van der Waals surface area contributed by atoms with Gasteiger partial charge in [-0.3, -0.25) is 4.79 Å². The number of amides is 1. The summed E-state index contributed by atoms with van der Waals surface area (Å²) in [4.78, 5) is 11.8. The Morgan fingerprint density at radius 1 is 1.06 bits per heavy atom. The fourth-order valence-corrected chi connectivity index (χ4v) is 2.41. The smallest absolute Gasteiger partial charge is 0.228 e. The second-order valence-electron chi connectivity index (χ2n) is 4.31. The molecular weight excluding hydrogens is 222 g/mol. The van der Waals surface area contributed by atoms with E-state index in [9.17, 15) is 4.79 Å². The van der Waals surface area contributed by atoms with Crippen LogP contribution >= 0.6 is 0 Å². The largest absolute Gasteiger partial charge is 0.369 e. The highest BCUT2D eigenvalue weighted by Gasteiger charge is 2.36. The first-order chi connectivity index (χ1) is 8.67. The summed E-state index contributed by atoms with van der Waals surface area (Å²) in [5, 5.41) is 0. The summed E-state index contributed by atoms with van der Waals surface area (Å²) in [7, 11) is 0. The number of hydrogen-bond acceptors (Lipinski definition) is 1. The van der Waals surface area contributed by atoms with Gasteiger partial charge in [0.05, 0.1) is 5.41 Å². The molecule has 0 unspecified atom stereocenters. The number of nitrogens with two attached hydrogens (primary N) is 1. The summed E-state index contributed by atoms with van der Waals surface area (Å²) >= 11 is 0. The predicted molar refractivity (Wildman–Crippen MR) is 78.5 cm³/mol. The molecule has 0 saturated carbocycles. The maximum absolute atomic E-state index is 11.8. The Kier molecular flexibility index (Phi) is 8.10. The van der Waals surface area contributed by atoms with Crippen LogP contribution in [-0.2, 0) is 10.2 Å². The van der Waals surface area contributed by atoms with Gasteiger partial charge in [-0.05, 0) is 18.4 Å². The van der Waals surface area contributed by atoms with Gasteiger partial charge < -0.3 is 5.73 Å². The number of carbonyl (C=O) groups excluding carboxylic acids is 1. The van der Waals surface area contributed by atoms with Crippen LogP contribution in [0, 0.1) is 0 Å². The quantitative estimate of drug-likeness (QED) is 0.812. The van der Waals surface area contributed by atoms with Crippen molar-refractivity contribution in [2.45, 2.75) is 58.8 Å². The molecule has 0 aliphatic heterocycles. The molecule has 0 radical (unpaired) electrons. The van der Waals surface area contributed by atoms with Crippen LogP contribution in [0.4, 0.5) is 0 Å². The maximum atomic E-state index is 11.8. The normalized spacial score (nSPS) is 10.4. The van der Waals surface area contributed by atoms with Crippen LogP contribution < -0.4 is 5.73 Å². The fourth-order valence-electron chi connectivity index (χ4n) is 2.41. The first kappa shape index (κ1) is 16.7. The standard InChI is InChI=1S/C14H21NO.C2H6/c1-3-10-14(11-4-2,13(15)16)12-8-6-5-7-9-12;1-2/h5-9H,3-4,10-11H2,1-2H3,(H2,15,16);1-2H3. The molecular formula is C16H27NO. The summed E-state index contributed by atoms with van der Waals surface area (Å²) in [5.74, 6) is -0.192. The monoisotopic (exact) mass is 249 g/mol. The van der Waals surface area contributed by atoms with E-state index in [1.54, 1.807) is 0 Å². The average molecular weight is 249 g/mol. The van der Waals surface area contributed by atoms with Crippen LogP contribution in [0.15, 0.2) is 30.3 Å². The highest BCUT2D eigenvalue weighted by Crippen LogP contribution is 2.33. The summed E-state index contributed by atoms with van der Waals surface area (Å²) in [6.45, 7) is 8.19. The molecule has 102 valence electrons. The van der Waals surface area contributed by atoms with Gasteiger partial charge in [0.25, 0.3) is 0 Å². The number of rotatable bonds is 6. The van der Waals surface area contributed by atoms with E-state index in [0.29, 0.717) is 0 Å². The lowest BCUT2D eigenvalue weighted by Crippen LogP contribution is -2.41. The SMILES string of the molecule is CC.CCCC(CCC)(C(N)=O)c1ccccc1. The Balaban J connectivity index is 0.00000137. The average Bonchev–Trinajstić information content (AvgIpc) is 2.41. The molecule has 1 rings (SSSR count). The van der Waals surface area contributed by atoms with Crippen molar-refractivity contribution in [3.05, 3.63) is 35.9 Å². The highest BCUT2D eigenvalue weighted by atomic mass is 16.1. The minimum absolute atomic E-state index is 0.192. The first-order valence-corrected chi connectivity index (χ1v) is 7.02. The molecule has 0 fully saturated rings. The number of hydrogen-bond donors (Lipinski definition) is 1. The van der Waals surface area contributed by atoms with Crippen molar-refractivity contribution in [3.8, 4) is 0 Å². The summed E-state index contributed by atoms with van der Waals surface area (Å²) < 4.78 is 0. The lowest BCUT2D eigenvalue weighted by Gasteiger charge is -2.30. The van der Waals surface area contributed by atoms with E-state index in [1.807, 2.05) is 44.2 Å². The van der Waals surface area contributed by atoms with Gasteiger partial charge in [-0.1, -0.05) is 70.9 Å². The molecule has 2 nitrogen and oxygen atoms in total. The zero-order valence-corrected chi connectivity index (χ0v) is 12.2. The second kappa shape index (κ2) is 8.73.